The van der Waals surface area contributed by atoms with Gasteiger partial charge in [-0.2, -0.15) is 0 Å². The van der Waals surface area contributed by atoms with Crippen LogP contribution in [-0.2, 0) is 11.2 Å². The minimum Gasteiger partial charge on any atom is -0.361 e. The molecule has 0 aliphatic carbocycles. The highest BCUT2D eigenvalue weighted by molar-refractivity contribution is 5.93. The zero-order valence-corrected chi connectivity index (χ0v) is 11.1. The summed E-state index contributed by atoms with van der Waals surface area (Å²) in [5.74, 6) is -0.269. The van der Waals surface area contributed by atoms with Crippen LogP contribution in [0, 0.1) is 6.92 Å². The molecule has 2 rings (SSSR count). The molecule has 0 atom stereocenters. The van der Waals surface area contributed by atoms with Crippen molar-refractivity contribution in [2.45, 2.75) is 19.8 Å². The van der Waals surface area contributed by atoms with E-state index in [4.69, 9.17) is 5.73 Å². The highest BCUT2D eigenvalue weighted by Gasteiger charge is 2.14. The smallest absolute Gasteiger partial charge is 0.321 e. The molecule has 100 valence electrons. The molecule has 1 heterocycles. The van der Waals surface area contributed by atoms with Crippen LogP contribution < -0.4 is 5.73 Å². The van der Waals surface area contributed by atoms with Crippen molar-refractivity contribution in [1.82, 2.24) is 9.88 Å². The molecule has 0 aliphatic heterocycles. The van der Waals surface area contributed by atoms with Gasteiger partial charge in [-0.25, -0.2) is 4.79 Å². The maximum atomic E-state index is 11.7. The molecule has 0 fully saturated rings. The number of aromatic amines is 1. The molecule has 0 spiro atoms. The standard InChI is InChI=1S/C14H17N3O2/c1-9-3-5-12-11(7-9)10(8-16-12)4-6-13(18)17(2)14(15)19/h3,5,7-8,16H,4,6H2,1-2H3,(H2,15,19). The first-order chi connectivity index (χ1) is 8.99. The lowest BCUT2D eigenvalue weighted by molar-refractivity contribution is -0.127. The second-order valence-electron chi connectivity index (χ2n) is 4.65. The minimum atomic E-state index is -0.722. The number of amides is 3. The summed E-state index contributed by atoms with van der Waals surface area (Å²) in [6.45, 7) is 2.03. The lowest BCUT2D eigenvalue weighted by Crippen LogP contribution is -2.37. The molecular formula is C14H17N3O2. The van der Waals surface area contributed by atoms with Gasteiger partial charge in [0.25, 0.3) is 0 Å². The molecule has 3 amide bonds. The number of fused-ring (bicyclic) bond motifs is 1. The van der Waals surface area contributed by atoms with E-state index in [1.807, 2.05) is 25.3 Å². The van der Waals surface area contributed by atoms with Crippen molar-refractivity contribution in [3.8, 4) is 0 Å². The maximum absolute atomic E-state index is 11.7. The van der Waals surface area contributed by atoms with E-state index in [1.54, 1.807) is 0 Å². The van der Waals surface area contributed by atoms with E-state index in [2.05, 4.69) is 11.1 Å². The van der Waals surface area contributed by atoms with E-state index < -0.39 is 6.03 Å². The van der Waals surface area contributed by atoms with E-state index in [0.717, 1.165) is 21.4 Å². The van der Waals surface area contributed by atoms with Gasteiger partial charge in [-0.15, -0.1) is 0 Å². The third-order valence-electron chi connectivity index (χ3n) is 3.24. The first kappa shape index (κ1) is 13.1. The molecule has 0 unspecified atom stereocenters. The molecule has 3 N–H and O–H groups in total. The summed E-state index contributed by atoms with van der Waals surface area (Å²) in [4.78, 5) is 26.7. The summed E-state index contributed by atoms with van der Waals surface area (Å²) in [5, 5.41) is 1.12. The first-order valence-corrected chi connectivity index (χ1v) is 6.11. The number of nitrogens with one attached hydrogen (secondary N) is 1. The van der Waals surface area contributed by atoms with Crippen LogP contribution in [0.25, 0.3) is 10.9 Å². The Hall–Kier alpha value is -2.30. The van der Waals surface area contributed by atoms with E-state index in [0.29, 0.717) is 6.42 Å². The maximum Gasteiger partial charge on any atom is 0.321 e. The van der Waals surface area contributed by atoms with E-state index in [-0.39, 0.29) is 12.3 Å². The van der Waals surface area contributed by atoms with Gasteiger partial charge in [0.15, 0.2) is 0 Å². The predicted molar refractivity (Wildman–Crippen MR) is 73.7 cm³/mol. The van der Waals surface area contributed by atoms with Crippen molar-refractivity contribution in [3.63, 3.8) is 0 Å². The van der Waals surface area contributed by atoms with Crippen molar-refractivity contribution in [2.24, 2.45) is 5.73 Å². The molecule has 19 heavy (non-hydrogen) atoms. The van der Waals surface area contributed by atoms with Gasteiger partial charge in [0, 0.05) is 30.6 Å². The lowest BCUT2D eigenvalue weighted by Gasteiger charge is -2.11. The number of H-pyrrole nitrogens is 1. The number of hydrogen-bond acceptors (Lipinski definition) is 2. The lowest BCUT2D eigenvalue weighted by atomic mass is 10.1. The monoisotopic (exact) mass is 259 g/mol. The molecule has 0 bridgehead atoms. The quantitative estimate of drug-likeness (QED) is 0.883. The number of carbonyl (C=O) groups is 2. The number of aryl methyl sites for hydroxylation is 2. The third kappa shape index (κ3) is 2.76. The molecule has 1 aromatic heterocycles. The Morgan fingerprint density at radius 3 is 2.79 bits per heavy atom. The SMILES string of the molecule is Cc1ccc2[nH]cc(CCC(=O)N(C)C(N)=O)c2c1. The fourth-order valence-electron chi connectivity index (χ4n) is 2.03. The number of rotatable bonds is 3. The van der Waals surface area contributed by atoms with Gasteiger partial charge >= 0.3 is 6.03 Å². The summed E-state index contributed by atoms with van der Waals surface area (Å²) < 4.78 is 0. The highest BCUT2D eigenvalue weighted by atomic mass is 16.2. The number of nitrogens with two attached hydrogens (primary N) is 1. The first-order valence-electron chi connectivity index (χ1n) is 6.11. The van der Waals surface area contributed by atoms with Gasteiger partial charge in [-0.1, -0.05) is 11.6 Å². The van der Waals surface area contributed by atoms with Crippen LogP contribution >= 0.6 is 0 Å². The summed E-state index contributed by atoms with van der Waals surface area (Å²) in [5.41, 5.74) is 8.36. The van der Waals surface area contributed by atoms with Crippen molar-refractivity contribution in [1.29, 1.82) is 0 Å². The van der Waals surface area contributed by atoms with Crippen LogP contribution in [0.2, 0.25) is 0 Å². The molecular weight excluding hydrogens is 242 g/mol. The molecule has 0 aliphatic rings. The summed E-state index contributed by atoms with van der Waals surface area (Å²) in [7, 11) is 1.39. The Morgan fingerprint density at radius 1 is 1.37 bits per heavy atom. The highest BCUT2D eigenvalue weighted by Crippen LogP contribution is 2.21. The molecule has 2 aromatic rings. The number of urea groups is 1. The number of benzene rings is 1. The average molecular weight is 259 g/mol. The van der Waals surface area contributed by atoms with Gasteiger partial charge < -0.3 is 10.7 Å². The number of imide groups is 1. The van der Waals surface area contributed by atoms with E-state index >= 15 is 0 Å². The predicted octanol–water partition coefficient (Wildman–Crippen LogP) is 1.95. The molecule has 0 radical (unpaired) electrons. The Bertz CT molecular complexity index is 631. The second-order valence-corrected chi connectivity index (χ2v) is 4.65. The van der Waals surface area contributed by atoms with Crippen LogP contribution in [0.1, 0.15) is 17.5 Å². The summed E-state index contributed by atoms with van der Waals surface area (Å²) >= 11 is 0. The molecule has 5 heteroatoms. The zero-order chi connectivity index (χ0) is 14.0. The molecule has 0 saturated heterocycles. The fourth-order valence-corrected chi connectivity index (χ4v) is 2.03. The second kappa shape index (κ2) is 5.14. The fraction of sp³-hybridized carbons (Fsp3) is 0.286. The van der Waals surface area contributed by atoms with Crippen molar-refractivity contribution in [3.05, 3.63) is 35.5 Å². The third-order valence-corrected chi connectivity index (χ3v) is 3.24. The van der Waals surface area contributed by atoms with E-state index in [1.165, 1.54) is 12.6 Å². The Balaban J connectivity index is 2.12. The van der Waals surface area contributed by atoms with Gasteiger partial charge in [0.05, 0.1) is 0 Å². The number of primary amides is 1. The van der Waals surface area contributed by atoms with Crippen molar-refractivity contribution < 1.29 is 9.59 Å². The Kier molecular flexibility index (Phi) is 3.55. The van der Waals surface area contributed by atoms with Crippen LogP contribution in [0.4, 0.5) is 4.79 Å². The Morgan fingerprint density at radius 2 is 2.11 bits per heavy atom. The van der Waals surface area contributed by atoms with Crippen LogP contribution in [-0.4, -0.2) is 28.9 Å². The summed E-state index contributed by atoms with van der Waals surface area (Å²) in [6, 6.07) is 5.42. The molecule has 5 nitrogen and oxygen atoms in total. The zero-order valence-electron chi connectivity index (χ0n) is 11.1. The largest absolute Gasteiger partial charge is 0.361 e. The van der Waals surface area contributed by atoms with Gasteiger partial charge in [0.1, 0.15) is 0 Å². The Labute approximate surface area is 111 Å². The van der Waals surface area contributed by atoms with E-state index in [9.17, 15) is 9.59 Å². The topological polar surface area (TPSA) is 79.2 Å². The van der Waals surface area contributed by atoms with Crippen LogP contribution in [0.3, 0.4) is 0 Å². The number of carbonyl (C=O) groups excluding carboxylic acids is 2. The molecule has 1 aromatic carbocycles. The van der Waals surface area contributed by atoms with Gasteiger partial charge in [-0.3, -0.25) is 9.69 Å². The number of hydrogen-bond donors (Lipinski definition) is 2. The summed E-state index contributed by atoms with van der Waals surface area (Å²) in [6.07, 6.45) is 2.75. The number of nitrogens with zero attached hydrogens (tertiary/aromatic N) is 1. The average Bonchev–Trinajstić information content (AvgIpc) is 2.77. The number of aromatic nitrogens is 1. The minimum absolute atomic E-state index is 0.264. The van der Waals surface area contributed by atoms with Crippen LogP contribution in [0.15, 0.2) is 24.4 Å². The normalized spacial score (nSPS) is 10.6. The van der Waals surface area contributed by atoms with Crippen molar-refractivity contribution in [2.75, 3.05) is 7.05 Å². The van der Waals surface area contributed by atoms with Crippen LogP contribution in [0.5, 0.6) is 0 Å². The van der Waals surface area contributed by atoms with Gasteiger partial charge in [0.2, 0.25) is 5.91 Å². The van der Waals surface area contributed by atoms with Gasteiger partial charge in [-0.05, 0) is 31.0 Å². The van der Waals surface area contributed by atoms with Crippen molar-refractivity contribution >= 4 is 22.8 Å². The molecule has 0 saturated carbocycles.